The Kier molecular flexibility index (Phi) is 5.28. The van der Waals surface area contributed by atoms with Crippen molar-refractivity contribution in [2.75, 3.05) is 11.1 Å². The highest BCUT2D eigenvalue weighted by Crippen LogP contribution is 2.20. The summed E-state index contributed by atoms with van der Waals surface area (Å²) in [6.45, 7) is 6.64. The molecule has 1 N–H and O–H groups in total. The Morgan fingerprint density at radius 2 is 2.16 bits per heavy atom. The predicted octanol–water partition coefficient (Wildman–Crippen LogP) is 4.51. The number of anilines is 1. The molecule has 3 aromatic heterocycles. The molecule has 3 rings (SSSR count). The number of aromatic nitrogens is 2. The van der Waals surface area contributed by atoms with Gasteiger partial charge < -0.3 is 14.3 Å². The van der Waals surface area contributed by atoms with Gasteiger partial charge >= 0.3 is 0 Å². The quantitative estimate of drug-likeness (QED) is 0.661. The molecule has 0 aliphatic carbocycles. The average Bonchev–Trinajstić information content (AvgIpc) is 3.20. The van der Waals surface area contributed by atoms with E-state index in [1.54, 1.807) is 24.2 Å². The molecule has 130 valence electrons. The summed E-state index contributed by atoms with van der Waals surface area (Å²) >= 11 is 1.67. The lowest BCUT2D eigenvalue weighted by atomic mass is 10.2. The Morgan fingerprint density at radius 3 is 2.80 bits per heavy atom. The summed E-state index contributed by atoms with van der Waals surface area (Å²) < 4.78 is 7.49. The molecular weight excluding hydrogens is 334 g/mol. The van der Waals surface area contributed by atoms with E-state index in [1.165, 1.54) is 0 Å². The van der Waals surface area contributed by atoms with Crippen molar-refractivity contribution in [3.8, 4) is 0 Å². The fourth-order valence-electron chi connectivity index (χ4n) is 2.72. The van der Waals surface area contributed by atoms with Crippen LogP contribution in [0.2, 0.25) is 0 Å². The van der Waals surface area contributed by atoms with Gasteiger partial charge in [0.05, 0.1) is 35.3 Å². The Morgan fingerprint density at radius 1 is 1.32 bits per heavy atom. The molecule has 25 heavy (non-hydrogen) atoms. The molecule has 0 aromatic carbocycles. The smallest absolute Gasteiger partial charge is 0.257 e. The zero-order valence-electron chi connectivity index (χ0n) is 14.6. The van der Waals surface area contributed by atoms with Gasteiger partial charge in [-0.05, 0) is 49.9 Å². The van der Waals surface area contributed by atoms with E-state index < -0.39 is 0 Å². The van der Waals surface area contributed by atoms with Crippen molar-refractivity contribution in [2.45, 2.75) is 32.3 Å². The topological polar surface area (TPSA) is 60.1 Å². The zero-order chi connectivity index (χ0) is 17.8. The largest absolute Gasteiger partial charge is 0.467 e. The maximum absolute atomic E-state index is 12.6. The molecule has 0 fully saturated rings. The second-order valence-corrected chi connectivity index (χ2v) is 7.01. The molecule has 6 heteroatoms. The molecule has 0 atom stereocenters. The molecule has 0 bridgehead atoms. The van der Waals surface area contributed by atoms with Crippen LogP contribution < -0.4 is 5.32 Å². The number of rotatable bonds is 6. The molecule has 1 amide bonds. The third-order valence-corrected chi connectivity index (χ3v) is 4.82. The minimum atomic E-state index is -0.128. The summed E-state index contributed by atoms with van der Waals surface area (Å²) in [5.41, 5.74) is 3.29. The number of nitrogens with zero attached hydrogens (tertiary/aromatic N) is 2. The van der Waals surface area contributed by atoms with Crippen LogP contribution in [0.15, 0.2) is 52.2 Å². The molecule has 0 saturated heterocycles. The Balaban J connectivity index is 1.76. The lowest BCUT2D eigenvalue weighted by Crippen LogP contribution is -2.13. The number of hydrogen-bond acceptors (Lipinski definition) is 4. The predicted molar refractivity (Wildman–Crippen MR) is 100 cm³/mol. The molecule has 0 radical (unpaired) electrons. The molecule has 0 unspecified atom stereocenters. The molecule has 3 aromatic rings. The van der Waals surface area contributed by atoms with Gasteiger partial charge in [-0.3, -0.25) is 4.79 Å². The van der Waals surface area contributed by atoms with Crippen LogP contribution in [-0.4, -0.2) is 21.2 Å². The molecule has 0 spiro atoms. The molecule has 0 aliphatic rings. The molecule has 0 aliphatic heterocycles. The van der Waals surface area contributed by atoms with Crippen molar-refractivity contribution < 1.29 is 9.21 Å². The van der Waals surface area contributed by atoms with Gasteiger partial charge in [0.2, 0.25) is 0 Å². The third-order valence-electron chi connectivity index (χ3n) is 4.00. The van der Waals surface area contributed by atoms with Crippen LogP contribution >= 0.6 is 11.8 Å². The molecule has 3 heterocycles. The van der Waals surface area contributed by atoms with Crippen molar-refractivity contribution in [1.82, 2.24) is 9.55 Å². The normalized spacial score (nSPS) is 10.8. The van der Waals surface area contributed by atoms with E-state index in [2.05, 4.69) is 21.8 Å². The van der Waals surface area contributed by atoms with Crippen molar-refractivity contribution in [2.24, 2.45) is 0 Å². The highest BCUT2D eigenvalue weighted by atomic mass is 32.2. The summed E-state index contributed by atoms with van der Waals surface area (Å²) in [4.78, 5) is 17.0. The zero-order valence-corrected chi connectivity index (χ0v) is 15.4. The monoisotopic (exact) mass is 355 g/mol. The van der Waals surface area contributed by atoms with Crippen molar-refractivity contribution in [1.29, 1.82) is 0 Å². The van der Waals surface area contributed by atoms with Crippen LogP contribution in [0.25, 0.3) is 0 Å². The summed E-state index contributed by atoms with van der Waals surface area (Å²) in [5.74, 6) is 1.71. The SMILES string of the molecule is CCSc1ccc(NC(=O)c2cc(C)n(Cc3ccco3)c2C)cn1. The van der Waals surface area contributed by atoms with Gasteiger partial charge in [0.25, 0.3) is 5.91 Å². The minimum Gasteiger partial charge on any atom is -0.467 e. The van der Waals surface area contributed by atoms with Crippen molar-refractivity contribution in [3.05, 3.63) is 65.5 Å². The Labute approximate surface area is 151 Å². The summed E-state index contributed by atoms with van der Waals surface area (Å²) in [7, 11) is 0. The van der Waals surface area contributed by atoms with E-state index >= 15 is 0 Å². The Bertz CT molecular complexity index is 852. The second-order valence-electron chi connectivity index (χ2n) is 5.72. The van der Waals surface area contributed by atoms with Crippen LogP contribution in [-0.2, 0) is 6.54 Å². The average molecular weight is 355 g/mol. The van der Waals surface area contributed by atoms with E-state index in [0.717, 1.165) is 27.9 Å². The Hall–Kier alpha value is -2.47. The lowest BCUT2D eigenvalue weighted by molar-refractivity contribution is 0.102. The summed E-state index contributed by atoms with van der Waals surface area (Å²) in [6.07, 6.45) is 3.35. The number of thioether (sulfide) groups is 1. The van der Waals surface area contributed by atoms with Gasteiger partial charge in [-0.15, -0.1) is 11.8 Å². The van der Waals surface area contributed by atoms with Crippen LogP contribution in [0.5, 0.6) is 0 Å². The first-order valence-corrected chi connectivity index (χ1v) is 9.16. The standard InChI is InChI=1S/C19H21N3O2S/c1-4-25-18-8-7-15(11-20-18)21-19(23)17-10-13(2)22(14(17)3)12-16-6-5-9-24-16/h5-11H,4,12H2,1-3H3,(H,21,23). The van der Waals surface area contributed by atoms with Crippen molar-refractivity contribution >= 4 is 23.4 Å². The van der Waals surface area contributed by atoms with Gasteiger partial charge in [0.15, 0.2) is 0 Å². The van der Waals surface area contributed by atoms with Gasteiger partial charge in [0, 0.05) is 11.4 Å². The fraction of sp³-hybridized carbons (Fsp3) is 0.263. The van der Waals surface area contributed by atoms with E-state index in [9.17, 15) is 4.79 Å². The highest BCUT2D eigenvalue weighted by molar-refractivity contribution is 7.99. The number of pyridine rings is 1. The highest BCUT2D eigenvalue weighted by Gasteiger charge is 2.16. The van der Waals surface area contributed by atoms with E-state index in [4.69, 9.17) is 4.42 Å². The molecule has 0 saturated carbocycles. The van der Waals surface area contributed by atoms with Crippen molar-refractivity contribution in [3.63, 3.8) is 0 Å². The minimum absolute atomic E-state index is 0.128. The van der Waals surface area contributed by atoms with Gasteiger partial charge in [0.1, 0.15) is 5.76 Å². The number of amides is 1. The summed E-state index contributed by atoms with van der Waals surface area (Å²) in [5, 5.41) is 3.88. The lowest BCUT2D eigenvalue weighted by Gasteiger charge is -2.08. The molecular formula is C19H21N3O2S. The van der Waals surface area contributed by atoms with E-state index in [0.29, 0.717) is 17.8 Å². The number of nitrogens with one attached hydrogen (secondary N) is 1. The van der Waals surface area contributed by atoms with E-state index in [-0.39, 0.29) is 5.91 Å². The van der Waals surface area contributed by atoms with Crippen LogP contribution in [0.1, 0.15) is 34.4 Å². The second kappa shape index (κ2) is 7.61. The van der Waals surface area contributed by atoms with E-state index in [1.807, 2.05) is 44.2 Å². The summed E-state index contributed by atoms with van der Waals surface area (Å²) in [6, 6.07) is 9.50. The number of carbonyl (C=O) groups is 1. The number of hydrogen-bond donors (Lipinski definition) is 1. The number of furan rings is 1. The van der Waals surface area contributed by atoms with Crippen LogP contribution in [0.3, 0.4) is 0 Å². The fourth-order valence-corrected chi connectivity index (χ4v) is 3.31. The van der Waals surface area contributed by atoms with Gasteiger partial charge in [-0.1, -0.05) is 6.92 Å². The first kappa shape index (κ1) is 17.4. The number of carbonyl (C=O) groups excluding carboxylic acids is 1. The first-order valence-electron chi connectivity index (χ1n) is 8.17. The maximum Gasteiger partial charge on any atom is 0.257 e. The van der Waals surface area contributed by atoms with Gasteiger partial charge in [-0.2, -0.15) is 0 Å². The third kappa shape index (κ3) is 3.96. The molecule has 5 nitrogen and oxygen atoms in total. The van der Waals surface area contributed by atoms with Crippen LogP contribution in [0, 0.1) is 13.8 Å². The number of aryl methyl sites for hydroxylation is 1. The maximum atomic E-state index is 12.6. The van der Waals surface area contributed by atoms with Gasteiger partial charge in [-0.25, -0.2) is 4.98 Å². The first-order chi connectivity index (χ1) is 12.1. The van der Waals surface area contributed by atoms with Crippen LogP contribution in [0.4, 0.5) is 5.69 Å².